The van der Waals surface area contributed by atoms with Crippen molar-refractivity contribution in [3.05, 3.63) is 0 Å². The minimum Gasteiger partial charge on any atom is -0.480 e. The Labute approximate surface area is 96.2 Å². The largest absolute Gasteiger partial charge is 0.480 e. The van der Waals surface area contributed by atoms with Crippen LogP contribution in [0.1, 0.15) is 40.0 Å². The van der Waals surface area contributed by atoms with Gasteiger partial charge in [-0.25, -0.2) is 0 Å². The maximum absolute atomic E-state index is 11.6. The van der Waals surface area contributed by atoms with Gasteiger partial charge in [0, 0.05) is 11.8 Å². The smallest absolute Gasteiger partial charge is 0.317 e. The zero-order valence-electron chi connectivity index (χ0n) is 10.2. The van der Waals surface area contributed by atoms with Crippen LogP contribution < -0.4 is 5.73 Å². The molecule has 0 aromatic rings. The fourth-order valence-corrected chi connectivity index (χ4v) is 2.90. The van der Waals surface area contributed by atoms with Gasteiger partial charge in [0.05, 0.1) is 6.54 Å². The highest BCUT2D eigenvalue weighted by Crippen LogP contribution is 2.63. The minimum absolute atomic E-state index is 0.0255. The predicted molar refractivity (Wildman–Crippen MR) is 60.9 cm³/mol. The quantitative estimate of drug-likeness (QED) is 0.710. The molecule has 0 aliphatic heterocycles. The first-order valence-corrected chi connectivity index (χ1v) is 5.71. The molecule has 0 saturated heterocycles. The number of carboxylic acid groups (broad SMARTS) is 1. The molecule has 0 spiro atoms. The molecule has 0 amide bonds. The molecule has 2 bridgehead atoms. The number of Topliss-reactive ketones (excluding diaryl/α,β-unsaturated/α-hetero) is 1. The van der Waals surface area contributed by atoms with E-state index in [1.54, 1.807) is 0 Å². The SMILES string of the molecule is CC12CCC(CC1=O)C2(C)C.NCC(=O)O. The van der Waals surface area contributed by atoms with Crippen LogP contribution >= 0.6 is 0 Å². The number of hydrogen-bond acceptors (Lipinski definition) is 3. The number of fused-ring (bicyclic) bond motifs is 2. The first-order valence-electron chi connectivity index (χ1n) is 5.71. The molecule has 4 nitrogen and oxygen atoms in total. The first-order chi connectivity index (χ1) is 7.25. The van der Waals surface area contributed by atoms with Crippen molar-refractivity contribution < 1.29 is 14.7 Å². The summed E-state index contributed by atoms with van der Waals surface area (Å²) in [6.07, 6.45) is 3.25. The number of rotatable bonds is 1. The summed E-state index contributed by atoms with van der Waals surface area (Å²) in [7, 11) is 0. The fourth-order valence-electron chi connectivity index (χ4n) is 2.90. The molecule has 16 heavy (non-hydrogen) atoms. The molecule has 0 heterocycles. The summed E-state index contributed by atoms with van der Waals surface area (Å²) in [5.41, 5.74) is 4.88. The monoisotopic (exact) mass is 227 g/mol. The van der Waals surface area contributed by atoms with Crippen LogP contribution in [0, 0.1) is 16.7 Å². The molecule has 2 rings (SSSR count). The Kier molecular flexibility index (Phi) is 3.43. The standard InChI is InChI=1S/C10H16O.C2H5NO2/c1-9(2)7-4-5-10(9,3)8(11)6-7;3-1-2(4)5/h7H,4-6H2,1-3H3;1,3H2,(H,4,5). The van der Waals surface area contributed by atoms with Crippen molar-refractivity contribution >= 4 is 11.8 Å². The molecule has 2 unspecified atom stereocenters. The number of carbonyl (C=O) groups is 2. The molecular formula is C12H21NO3. The Morgan fingerprint density at radius 1 is 1.50 bits per heavy atom. The van der Waals surface area contributed by atoms with Gasteiger partial charge in [0.1, 0.15) is 5.78 Å². The minimum atomic E-state index is -0.968. The summed E-state index contributed by atoms with van der Waals surface area (Å²) in [5, 5.41) is 7.60. The number of aliphatic carboxylic acids is 1. The summed E-state index contributed by atoms with van der Waals surface area (Å²) >= 11 is 0. The van der Waals surface area contributed by atoms with Gasteiger partial charge < -0.3 is 10.8 Å². The molecule has 2 aliphatic rings. The highest BCUT2D eigenvalue weighted by atomic mass is 16.4. The van der Waals surface area contributed by atoms with E-state index in [2.05, 4.69) is 26.5 Å². The van der Waals surface area contributed by atoms with Crippen LogP contribution in [0.2, 0.25) is 0 Å². The third kappa shape index (κ3) is 1.86. The van der Waals surface area contributed by atoms with Gasteiger partial charge in [0.25, 0.3) is 0 Å². The second-order valence-corrected chi connectivity index (χ2v) is 5.51. The molecule has 0 aromatic heterocycles. The molecule has 2 aliphatic carbocycles. The van der Waals surface area contributed by atoms with Crippen molar-refractivity contribution in [2.24, 2.45) is 22.5 Å². The molecule has 0 aromatic carbocycles. The Morgan fingerprint density at radius 3 is 2.12 bits per heavy atom. The van der Waals surface area contributed by atoms with Crippen molar-refractivity contribution in [2.45, 2.75) is 40.0 Å². The van der Waals surface area contributed by atoms with E-state index >= 15 is 0 Å². The van der Waals surface area contributed by atoms with Gasteiger partial charge in [-0.3, -0.25) is 9.59 Å². The van der Waals surface area contributed by atoms with Crippen LogP contribution in [0.4, 0.5) is 0 Å². The third-order valence-electron chi connectivity index (χ3n) is 4.66. The third-order valence-corrected chi connectivity index (χ3v) is 4.66. The van der Waals surface area contributed by atoms with E-state index in [1.807, 2.05) is 0 Å². The fraction of sp³-hybridized carbons (Fsp3) is 0.833. The Morgan fingerprint density at radius 2 is 2.00 bits per heavy atom. The van der Waals surface area contributed by atoms with Gasteiger partial charge in [-0.05, 0) is 24.2 Å². The maximum Gasteiger partial charge on any atom is 0.317 e. The molecule has 2 saturated carbocycles. The molecule has 4 heteroatoms. The zero-order valence-corrected chi connectivity index (χ0v) is 10.2. The van der Waals surface area contributed by atoms with E-state index in [-0.39, 0.29) is 17.4 Å². The van der Waals surface area contributed by atoms with E-state index in [0.29, 0.717) is 11.7 Å². The number of nitrogens with two attached hydrogens (primary N) is 1. The lowest BCUT2D eigenvalue weighted by molar-refractivity contribution is -0.135. The van der Waals surface area contributed by atoms with Gasteiger partial charge in [-0.2, -0.15) is 0 Å². The lowest BCUT2D eigenvalue weighted by atomic mass is 9.70. The van der Waals surface area contributed by atoms with Crippen molar-refractivity contribution in [2.75, 3.05) is 6.54 Å². The molecule has 0 radical (unpaired) electrons. The highest BCUT2D eigenvalue weighted by molar-refractivity contribution is 5.89. The number of carbonyl (C=O) groups excluding carboxylic acids is 1. The number of hydrogen-bond donors (Lipinski definition) is 2. The Bertz CT molecular complexity index is 311. The summed E-state index contributed by atoms with van der Waals surface area (Å²) in [6.45, 7) is 6.40. The summed E-state index contributed by atoms with van der Waals surface area (Å²) < 4.78 is 0. The molecule has 92 valence electrons. The second-order valence-electron chi connectivity index (χ2n) is 5.51. The molecule has 2 atom stereocenters. The van der Waals surface area contributed by atoms with Gasteiger partial charge in [0.15, 0.2) is 0 Å². The van der Waals surface area contributed by atoms with E-state index in [4.69, 9.17) is 5.11 Å². The van der Waals surface area contributed by atoms with Gasteiger partial charge >= 0.3 is 5.97 Å². The van der Waals surface area contributed by atoms with Crippen LogP contribution in [0.15, 0.2) is 0 Å². The molecule has 3 N–H and O–H groups in total. The Hall–Kier alpha value is -0.900. The van der Waals surface area contributed by atoms with Gasteiger partial charge in [0.2, 0.25) is 0 Å². The summed E-state index contributed by atoms with van der Waals surface area (Å²) in [6, 6.07) is 0. The van der Waals surface area contributed by atoms with Crippen molar-refractivity contribution in [3.8, 4) is 0 Å². The van der Waals surface area contributed by atoms with Crippen LogP contribution in [-0.2, 0) is 9.59 Å². The average Bonchev–Trinajstić information content (AvgIpc) is 2.51. The van der Waals surface area contributed by atoms with E-state index in [0.717, 1.165) is 12.8 Å². The summed E-state index contributed by atoms with van der Waals surface area (Å²) in [5.74, 6) is 0.226. The van der Waals surface area contributed by atoms with E-state index < -0.39 is 5.97 Å². The predicted octanol–water partition coefficient (Wildman–Crippen LogP) is 1.43. The number of carboxylic acids is 1. The zero-order chi connectivity index (χ0) is 12.6. The van der Waals surface area contributed by atoms with Crippen LogP contribution in [0.25, 0.3) is 0 Å². The maximum atomic E-state index is 11.6. The molecular weight excluding hydrogens is 206 g/mol. The van der Waals surface area contributed by atoms with Crippen LogP contribution in [-0.4, -0.2) is 23.4 Å². The van der Waals surface area contributed by atoms with Crippen LogP contribution in [0.5, 0.6) is 0 Å². The summed E-state index contributed by atoms with van der Waals surface area (Å²) in [4.78, 5) is 20.8. The second kappa shape index (κ2) is 4.17. The first kappa shape index (κ1) is 13.2. The topological polar surface area (TPSA) is 80.4 Å². The lowest BCUT2D eigenvalue weighted by Gasteiger charge is -2.32. The lowest BCUT2D eigenvalue weighted by Crippen LogP contribution is -2.32. The van der Waals surface area contributed by atoms with E-state index in [1.165, 1.54) is 6.42 Å². The van der Waals surface area contributed by atoms with Crippen LogP contribution in [0.3, 0.4) is 0 Å². The van der Waals surface area contributed by atoms with E-state index in [9.17, 15) is 9.59 Å². The Balaban J connectivity index is 0.000000221. The van der Waals surface area contributed by atoms with Crippen molar-refractivity contribution in [3.63, 3.8) is 0 Å². The average molecular weight is 227 g/mol. The normalized spacial score (nSPS) is 34.5. The van der Waals surface area contributed by atoms with Crippen molar-refractivity contribution in [1.82, 2.24) is 0 Å². The highest BCUT2D eigenvalue weighted by Gasteiger charge is 2.61. The van der Waals surface area contributed by atoms with Gasteiger partial charge in [-0.1, -0.05) is 20.8 Å². The molecule has 2 fully saturated rings. The van der Waals surface area contributed by atoms with Crippen molar-refractivity contribution in [1.29, 1.82) is 0 Å². The van der Waals surface area contributed by atoms with Gasteiger partial charge in [-0.15, -0.1) is 0 Å². The number of ketones is 1.